The van der Waals surface area contributed by atoms with Crippen molar-refractivity contribution in [3.8, 4) is 0 Å². The molecule has 98 valence electrons. The van der Waals surface area contributed by atoms with Gasteiger partial charge in [-0.15, -0.1) is 5.10 Å². The van der Waals surface area contributed by atoms with Gasteiger partial charge in [0.05, 0.1) is 0 Å². The van der Waals surface area contributed by atoms with E-state index < -0.39 is 0 Å². The zero-order valence-electron chi connectivity index (χ0n) is 11.4. The Kier molecular flexibility index (Phi) is 4.97. The molecule has 0 aromatic heterocycles. The summed E-state index contributed by atoms with van der Waals surface area (Å²) in [5.41, 5.74) is 11.8. The summed E-state index contributed by atoms with van der Waals surface area (Å²) in [6.07, 6.45) is 7.81. The quantitative estimate of drug-likeness (QED) is 0.449. The van der Waals surface area contributed by atoms with Crippen molar-refractivity contribution in [1.82, 2.24) is 0 Å². The summed E-state index contributed by atoms with van der Waals surface area (Å²) in [4.78, 5) is 0. The molecule has 0 unspecified atom stereocenters. The van der Waals surface area contributed by atoms with Crippen LogP contribution in [0.4, 0.5) is 0 Å². The van der Waals surface area contributed by atoms with Gasteiger partial charge >= 0.3 is 0 Å². The highest BCUT2D eigenvalue weighted by Gasteiger charge is 2.30. The summed E-state index contributed by atoms with van der Waals surface area (Å²) in [6.45, 7) is 6.66. The van der Waals surface area contributed by atoms with Crippen molar-refractivity contribution in [2.24, 2.45) is 33.0 Å². The second kappa shape index (κ2) is 6.03. The number of nitrogens with zero attached hydrogens (tertiary/aromatic N) is 2. The zero-order valence-corrected chi connectivity index (χ0v) is 11.4. The van der Waals surface area contributed by atoms with Gasteiger partial charge in [-0.2, -0.15) is 5.10 Å². The van der Waals surface area contributed by atoms with Gasteiger partial charge in [0.1, 0.15) is 0 Å². The molecular formula is C13H26N4. The second-order valence-electron chi connectivity index (χ2n) is 5.86. The lowest BCUT2D eigenvalue weighted by Crippen LogP contribution is -2.28. The highest BCUT2D eigenvalue weighted by molar-refractivity contribution is 5.84. The fraction of sp³-hybridized carbons (Fsp3) is 0.846. The van der Waals surface area contributed by atoms with E-state index in [2.05, 4.69) is 24.1 Å². The Hall–Kier alpha value is -1.06. The first-order valence-corrected chi connectivity index (χ1v) is 6.54. The molecule has 1 saturated carbocycles. The molecule has 0 atom stereocenters. The van der Waals surface area contributed by atoms with Gasteiger partial charge in [0.15, 0.2) is 0 Å². The molecule has 1 aliphatic carbocycles. The molecule has 0 spiro atoms. The Labute approximate surface area is 105 Å². The van der Waals surface area contributed by atoms with Crippen molar-refractivity contribution in [3.63, 3.8) is 0 Å². The van der Waals surface area contributed by atoms with Crippen molar-refractivity contribution in [2.45, 2.75) is 59.3 Å². The number of hydrogen-bond donors (Lipinski definition) is 2. The van der Waals surface area contributed by atoms with Crippen LogP contribution in [0.5, 0.6) is 0 Å². The number of rotatable bonds is 4. The minimum atomic E-state index is 0.0276. The maximum Gasteiger partial charge on any atom is 0.211 e. The Balaban J connectivity index is 2.58. The summed E-state index contributed by atoms with van der Waals surface area (Å²) in [5.74, 6) is 0.834. The van der Waals surface area contributed by atoms with Gasteiger partial charge in [0.25, 0.3) is 0 Å². The predicted molar refractivity (Wildman–Crippen MR) is 73.9 cm³/mol. The van der Waals surface area contributed by atoms with Gasteiger partial charge in [-0.3, -0.25) is 0 Å². The fourth-order valence-electron chi connectivity index (χ4n) is 2.87. The SMILES string of the molecule is C/C(CC(C)(C)C1CCCCC1)=N\N=C(N)N. The van der Waals surface area contributed by atoms with Crippen LogP contribution < -0.4 is 11.5 Å². The minimum Gasteiger partial charge on any atom is -0.369 e. The van der Waals surface area contributed by atoms with E-state index in [0.29, 0.717) is 5.41 Å². The largest absolute Gasteiger partial charge is 0.369 e. The van der Waals surface area contributed by atoms with E-state index in [-0.39, 0.29) is 5.96 Å². The van der Waals surface area contributed by atoms with Crippen LogP contribution in [-0.2, 0) is 0 Å². The Bertz CT molecular complexity index is 295. The van der Waals surface area contributed by atoms with Crippen LogP contribution >= 0.6 is 0 Å². The van der Waals surface area contributed by atoms with E-state index in [1.165, 1.54) is 32.1 Å². The molecule has 1 rings (SSSR count). The standard InChI is InChI=1S/C13H26N4/c1-10(16-17-12(14)15)9-13(2,3)11-7-5-4-6-8-11/h11H,4-9H2,1-3H3,(H4,14,15,17)/b16-10+. The highest BCUT2D eigenvalue weighted by Crippen LogP contribution is 2.40. The lowest BCUT2D eigenvalue weighted by Gasteiger charge is -2.37. The molecule has 0 heterocycles. The van der Waals surface area contributed by atoms with Crippen molar-refractivity contribution < 1.29 is 0 Å². The first kappa shape index (κ1) is 14.0. The van der Waals surface area contributed by atoms with Crippen LogP contribution in [0.2, 0.25) is 0 Å². The first-order valence-electron chi connectivity index (χ1n) is 6.54. The Morgan fingerprint density at radius 1 is 1.12 bits per heavy atom. The normalized spacial score (nSPS) is 19.1. The topological polar surface area (TPSA) is 76.8 Å². The third-order valence-corrected chi connectivity index (χ3v) is 3.76. The van der Waals surface area contributed by atoms with Gasteiger partial charge in [0, 0.05) is 5.71 Å². The van der Waals surface area contributed by atoms with Crippen LogP contribution in [-0.4, -0.2) is 11.7 Å². The third-order valence-electron chi connectivity index (χ3n) is 3.76. The summed E-state index contributed by atoms with van der Waals surface area (Å²) in [5, 5.41) is 7.77. The summed E-state index contributed by atoms with van der Waals surface area (Å²) < 4.78 is 0. The van der Waals surface area contributed by atoms with E-state index in [1.54, 1.807) is 0 Å². The molecule has 0 saturated heterocycles. The number of hydrogen-bond acceptors (Lipinski definition) is 2. The molecule has 1 aliphatic rings. The van der Waals surface area contributed by atoms with Gasteiger partial charge in [0.2, 0.25) is 5.96 Å². The molecule has 0 aliphatic heterocycles. The molecule has 0 aromatic carbocycles. The average Bonchev–Trinajstić information content (AvgIpc) is 2.27. The summed E-state index contributed by atoms with van der Waals surface area (Å²) >= 11 is 0. The maximum absolute atomic E-state index is 5.27. The monoisotopic (exact) mass is 238 g/mol. The van der Waals surface area contributed by atoms with E-state index in [0.717, 1.165) is 18.1 Å². The number of nitrogens with two attached hydrogens (primary N) is 2. The lowest BCUT2D eigenvalue weighted by molar-refractivity contribution is 0.166. The van der Waals surface area contributed by atoms with E-state index in [4.69, 9.17) is 11.5 Å². The van der Waals surface area contributed by atoms with Gasteiger partial charge < -0.3 is 11.5 Å². The molecule has 0 aromatic rings. The Morgan fingerprint density at radius 2 is 1.71 bits per heavy atom. The van der Waals surface area contributed by atoms with Crippen molar-refractivity contribution in [2.75, 3.05) is 0 Å². The maximum atomic E-state index is 5.27. The molecule has 17 heavy (non-hydrogen) atoms. The van der Waals surface area contributed by atoms with Crippen LogP contribution in [0.15, 0.2) is 10.2 Å². The lowest BCUT2D eigenvalue weighted by atomic mass is 9.69. The van der Waals surface area contributed by atoms with E-state index in [1.807, 2.05) is 6.92 Å². The van der Waals surface area contributed by atoms with Crippen LogP contribution in [0.1, 0.15) is 59.3 Å². The van der Waals surface area contributed by atoms with E-state index >= 15 is 0 Å². The molecule has 4 N–H and O–H groups in total. The van der Waals surface area contributed by atoms with Crippen LogP contribution in [0.3, 0.4) is 0 Å². The van der Waals surface area contributed by atoms with Gasteiger partial charge in [-0.25, -0.2) is 0 Å². The third kappa shape index (κ3) is 4.75. The molecule has 0 radical (unpaired) electrons. The van der Waals surface area contributed by atoms with Crippen molar-refractivity contribution >= 4 is 11.7 Å². The van der Waals surface area contributed by atoms with Gasteiger partial charge in [-0.05, 0) is 37.5 Å². The minimum absolute atomic E-state index is 0.0276. The fourth-order valence-corrected chi connectivity index (χ4v) is 2.87. The molecule has 0 bridgehead atoms. The summed E-state index contributed by atoms with van der Waals surface area (Å²) in [7, 11) is 0. The molecule has 4 heteroatoms. The van der Waals surface area contributed by atoms with Crippen LogP contribution in [0.25, 0.3) is 0 Å². The van der Waals surface area contributed by atoms with Crippen molar-refractivity contribution in [1.29, 1.82) is 0 Å². The first-order chi connectivity index (χ1) is 7.92. The smallest absolute Gasteiger partial charge is 0.211 e. The van der Waals surface area contributed by atoms with E-state index in [9.17, 15) is 0 Å². The molecule has 4 nitrogen and oxygen atoms in total. The highest BCUT2D eigenvalue weighted by atomic mass is 15.3. The Morgan fingerprint density at radius 3 is 2.24 bits per heavy atom. The van der Waals surface area contributed by atoms with Gasteiger partial charge in [-0.1, -0.05) is 33.1 Å². The second-order valence-corrected chi connectivity index (χ2v) is 5.86. The molecule has 0 amide bonds. The number of guanidine groups is 1. The zero-order chi connectivity index (χ0) is 12.9. The van der Waals surface area contributed by atoms with Crippen LogP contribution in [0, 0.1) is 11.3 Å². The molecular weight excluding hydrogens is 212 g/mol. The molecule has 1 fully saturated rings. The predicted octanol–water partition coefficient (Wildman–Crippen LogP) is 2.63. The average molecular weight is 238 g/mol. The van der Waals surface area contributed by atoms with Crippen molar-refractivity contribution in [3.05, 3.63) is 0 Å². The summed E-state index contributed by atoms with van der Waals surface area (Å²) in [6, 6.07) is 0.